The van der Waals surface area contributed by atoms with E-state index >= 15 is 0 Å². The van der Waals surface area contributed by atoms with Crippen molar-refractivity contribution in [2.45, 2.75) is 46.3 Å². The van der Waals surface area contributed by atoms with Crippen LogP contribution in [0.15, 0.2) is 9.32 Å². The molecule has 0 radical (unpaired) electrons. The zero-order valence-corrected chi connectivity index (χ0v) is 17.2. The number of nitrogens with one attached hydrogen (secondary N) is 1. The maximum Gasteiger partial charge on any atom is 0.276 e. The number of aromatic amines is 1. The molecule has 1 fully saturated rings. The van der Waals surface area contributed by atoms with Gasteiger partial charge in [-0.1, -0.05) is 12.1 Å². The van der Waals surface area contributed by atoms with Crippen LogP contribution in [0.25, 0.3) is 0 Å². The van der Waals surface area contributed by atoms with Gasteiger partial charge in [0.15, 0.2) is 5.69 Å². The lowest BCUT2D eigenvalue weighted by Crippen LogP contribution is -2.42. The highest BCUT2D eigenvalue weighted by atomic mass is 16.5. The lowest BCUT2D eigenvalue weighted by Gasteiger charge is -2.33. The number of ether oxygens (including phenoxy) is 1. The Morgan fingerprint density at radius 2 is 2.21 bits per heavy atom. The normalized spacial score (nSPS) is 19.3. The number of H-pyrrole nitrogens is 1. The van der Waals surface area contributed by atoms with E-state index in [-0.39, 0.29) is 30.3 Å². The molecule has 9 nitrogen and oxygen atoms in total. The summed E-state index contributed by atoms with van der Waals surface area (Å²) in [6.45, 7) is 6.73. The van der Waals surface area contributed by atoms with Crippen molar-refractivity contribution in [1.82, 2.24) is 20.0 Å². The second kappa shape index (κ2) is 7.98. The first-order chi connectivity index (χ1) is 14.0. The van der Waals surface area contributed by atoms with Gasteiger partial charge in [-0.05, 0) is 25.7 Å². The number of aromatic nitrogens is 3. The molecule has 0 unspecified atom stereocenters. The molecule has 156 valence electrons. The third kappa shape index (κ3) is 3.78. The second-order valence-corrected chi connectivity index (χ2v) is 7.98. The molecule has 2 aliphatic heterocycles. The van der Waals surface area contributed by atoms with E-state index in [1.807, 2.05) is 0 Å². The number of piperidine rings is 1. The van der Waals surface area contributed by atoms with E-state index in [1.54, 1.807) is 18.9 Å². The Kier molecular flexibility index (Phi) is 5.40. The van der Waals surface area contributed by atoms with Crippen LogP contribution in [0, 0.1) is 12.8 Å². The number of aryl methyl sites for hydroxylation is 1. The Balaban J connectivity index is 1.56. The molecule has 4 rings (SSSR count). The van der Waals surface area contributed by atoms with Gasteiger partial charge in [-0.3, -0.25) is 14.6 Å². The number of methoxy groups -OCH3 is 1. The van der Waals surface area contributed by atoms with Gasteiger partial charge in [-0.2, -0.15) is 0 Å². The van der Waals surface area contributed by atoms with Gasteiger partial charge in [-0.25, -0.2) is 4.98 Å². The van der Waals surface area contributed by atoms with E-state index < -0.39 is 0 Å². The fraction of sp³-hybridized carbons (Fsp3) is 0.600. The summed E-state index contributed by atoms with van der Waals surface area (Å²) in [5.41, 5.74) is 2.04. The average molecular weight is 401 g/mol. The first kappa shape index (κ1) is 19.6. The van der Waals surface area contributed by atoms with E-state index in [1.165, 1.54) is 6.42 Å². The first-order valence-electron chi connectivity index (χ1n) is 10.1. The molecule has 29 heavy (non-hydrogen) atoms. The SMILES string of the molecule is COCc1c(C(=O)N2CCc3nc(N4CCC[C@@H](C)C4)[nH]c(=O)c3C2)noc1C. The second-order valence-electron chi connectivity index (χ2n) is 7.98. The fourth-order valence-electron chi connectivity index (χ4n) is 4.14. The highest BCUT2D eigenvalue weighted by molar-refractivity contribution is 5.94. The van der Waals surface area contributed by atoms with E-state index in [2.05, 4.69) is 22.0 Å². The van der Waals surface area contributed by atoms with Crippen LogP contribution in [0.4, 0.5) is 5.95 Å². The van der Waals surface area contributed by atoms with Gasteiger partial charge >= 0.3 is 0 Å². The zero-order valence-electron chi connectivity index (χ0n) is 17.2. The summed E-state index contributed by atoms with van der Waals surface area (Å²) in [6.07, 6.45) is 2.85. The van der Waals surface area contributed by atoms with E-state index in [9.17, 15) is 9.59 Å². The van der Waals surface area contributed by atoms with Crippen LogP contribution in [-0.4, -0.2) is 52.7 Å². The quantitative estimate of drug-likeness (QED) is 0.830. The monoisotopic (exact) mass is 401 g/mol. The van der Waals surface area contributed by atoms with Gasteiger partial charge in [0.2, 0.25) is 5.95 Å². The highest BCUT2D eigenvalue weighted by Crippen LogP contribution is 2.23. The Bertz CT molecular complexity index is 966. The molecule has 2 aliphatic rings. The summed E-state index contributed by atoms with van der Waals surface area (Å²) in [4.78, 5) is 37.2. The Hall–Kier alpha value is -2.68. The average Bonchev–Trinajstić information content (AvgIpc) is 3.08. The molecule has 1 N–H and O–H groups in total. The third-order valence-electron chi connectivity index (χ3n) is 5.78. The van der Waals surface area contributed by atoms with Crippen molar-refractivity contribution < 1.29 is 14.1 Å². The molecule has 0 aliphatic carbocycles. The fourth-order valence-corrected chi connectivity index (χ4v) is 4.14. The molecule has 0 aromatic carbocycles. The van der Waals surface area contributed by atoms with Crippen LogP contribution in [0.3, 0.4) is 0 Å². The molecule has 2 aromatic rings. The number of carbonyl (C=O) groups is 1. The van der Waals surface area contributed by atoms with Crippen LogP contribution in [-0.2, 0) is 24.3 Å². The summed E-state index contributed by atoms with van der Waals surface area (Å²) in [5, 5.41) is 3.92. The van der Waals surface area contributed by atoms with Gasteiger partial charge in [0.25, 0.3) is 11.5 Å². The Morgan fingerprint density at radius 3 is 2.97 bits per heavy atom. The molecule has 2 aromatic heterocycles. The smallest absolute Gasteiger partial charge is 0.276 e. The molecule has 1 saturated heterocycles. The zero-order chi connectivity index (χ0) is 20.5. The van der Waals surface area contributed by atoms with Crippen LogP contribution < -0.4 is 10.5 Å². The van der Waals surface area contributed by atoms with Crippen molar-refractivity contribution in [2.75, 3.05) is 31.6 Å². The van der Waals surface area contributed by atoms with Crippen LogP contribution in [0.2, 0.25) is 0 Å². The number of nitrogens with zero attached hydrogens (tertiary/aromatic N) is 4. The van der Waals surface area contributed by atoms with Crippen molar-refractivity contribution >= 4 is 11.9 Å². The van der Waals surface area contributed by atoms with Gasteiger partial charge in [0.1, 0.15) is 5.76 Å². The molecule has 0 bridgehead atoms. The number of rotatable bonds is 4. The van der Waals surface area contributed by atoms with Crippen molar-refractivity contribution in [2.24, 2.45) is 5.92 Å². The van der Waals surface area contributed by atoms with Gasteiger partial charge in [0, 0.05) is 33.2 Å². The van der Waals surface area contributed by atoms with E-state index in [0.29, 0.717) is 41.7 Å². The predicted octanol–water partition coefficient (Wildman–Crippen LogP) is 1.65. The van der Waals surface area contributed by atoms with Crippen LogP contribution in [0.1, 0.15) is 52.8 Å². The first-order valence-corrected chi connectivity index (χ1v) is 10.1. The lowest BCUT2D eigenvalue weighted by atomic mass is 10.0. The Morgan fingerprint density at radius 1 is 1.38 bits per heavy atom. The van der Waals surface area contributed by atoms with Crippen molar-refractivity contribution in [3.63, 3.8) is 0 Å². The highest BCUT2D eigenvalue weighted by Gasteiger charge is 2.30. The van der Waals surface area contributed by atoms with Gasteiger partial charge < -0.3 is 19.1 Å². The number of anilines is 1. The molecule has 0 spiro atoms. The molecule has 4 heterocycles. The van der Waals surface area contributed by atoms with Gasteiger partial charge in [0.05, 0.1) is 30.0 Å². The Labute approximate surface area is 169 Å². The van der Waals surface area contributed by atoms with Crippen molar-refractivity contribution in [1.29, 1.82) is 0 Å². The molecular weight excluding hydrogens is 374 g/mol. The summed E-state index contributed by atoms with van der Waals surface area (Å²) in [6, 6.07) is 0. The van der Waals surface area contributed by atoms with Crippen LogP contribution in [0.5, 0.6) is 0 Å². The van der Waals surface area contributed by atoms with Crippen LogP contribution >= 0.6 is 0 Å². The number of amides is 1. The molecule has 0 saturated carbocycles. The van der Waals surface area contributed by atoms with Crippen molar-refractivity contribution in [3.8, 4) is 0 Å². The largest absolute Gasteiger partial charge is 0.380 e. The lowest BCUT2D eigenvalue weighted by molar-refractivity contribution is 0.0718. The molecular formula is C20H27N5O4. The summed E-state index contributed by atoms with van der Waals surface area (Å²) < 4.78 is 10.3. The minimum Gasteiger partial charge on any atom is -0.380 e. The number of fused-ring (bicyclic) bond motifs is 1. The minimum atomic E-state index is -0.257. The van der Waals surface area contributed by atoms with Gasteiger partial charge in [-0.15, -0.1) is 0 Å². The summed E-state index contributed by atoms with van der Waals surface area (Å²) in [7, 11) is 1.56. The van der Waals surface area contributed by atoms with Crippen molar-refractivity contribution in [3.05, 3.63) is 38.6 Å². The predicted molar refractivity (Wildman–Crippen MR) is 106 cm³/mol. The maximum absolute atomic E-state index is 13.0. The van der Waals surface area contributed by atoms with E-state index in [4.69, 9.17) is 14.2 Å². The number of hydrogen-bond donors (Lipinski definition) is 1. The minimum absolute atomic E-state index is 0.172. The maximum atomic E-state index is 13.0. The topological polar surface area (TPSA) is 105 Å². The van der Waals surface area contributed by atoms with E-state index in [0.717, 1.165) is 25.2 Å². The number of hydrogen-bond acceptors (Lipinski definition) is 7. The molecule has 1 amide bonds. The summed E-state index contributed by atoms with van der Waals surface area (Å²) >= 11 is 0. The number of carbonyl (C=O) groups excluding carboxylic acids is 1. The third-order valence-corrected chi connectivity index (χ3v) is 5.78. The molecule has 9 heteroatoms. The summed E-state index contributed by atoms with van der Waals surface area (Å²) in [5.74, 6) is 1.54. The molecule has 1 atom stereocenters. The standard InChI is InChI=1S/C20H27N5O4/c1-12-5-4-7-25(9-12)20-21-16-6-8-24(10-14(16)18(26)22-20)19(27)17-15(11-28-3)13(2)29-23-17/h12H,4-11H2,1-3H3,(H,21,22,26)/t12-/m1/s1.